The smallest absolute Gasteiger partial charge is 0.227 e. The molecular formula is C22H32N2O2. The topological polar surface area (TPSA) is 58.2 Å². The summed E-state index contributed by atoms with van der Waals surface area (Å²) in [7, 11) is 0. The highest BCUT2D eigenvalue weighted by Crippen LogP contribution is 2.30. The van der Waals surface area contributed by atoms with Gasteiger partial charge in [-0.3, -0.25) is 9.59 Å². The summed E-state index contributed by atoms with van der Waals surface area (Å²) in [6, 6.07) is 8.23. The first-order valence-corrected chi connectivity index (χ1v) is 10.3. The van der Waals surface area contributed by atoms with Gasteiger partial charge < -0.3 is 10.6 Å². The Morgan fingerprint density at radius 1 is 0.808 bits per heavy atom. The Balaban J connectivity index is 1.45. The van der Waals surface area contributed by atoms with Crippen LogP contribution in [0.1, 0.15) is 69.8 Å². The summed E-state index contributed by atoms with van der Waals surface area (Å²) in [6.45, 7) is 2.00. The normalized spacial score (nSPS) is 24.5. The molecule has 2 aliphatic rings. The molecule has 0 unspecified atom stereocenters. The molecule has 2 aliphatic carbocycles. The van der Waals surface area contributed by atoms with Crippen LogP contribution in [0.3, 0.4) is 0 Å². The number of nitrogens with one attached hydrogen (secondary N) is 2. The molecule has 0 saturated heterocycles. The Labute approximate surface area is 157 Å². The lowest BCUT2D eigenvalue weighted by Gasteiger charge is -2.28. The van der Waals surface area contributed by atoms with Gasteiger partial charge in [-0.1, -0.05) is 43.9 Å². The van der Waals surface area contributed by atoms with E-state index in [1.165, 1.54) is 25.7 Å². The van der Waals surface area contributed by atoms with E-state index in [9.17, 15) is 9.59 Å². The van der Waals surface area contributed by atoms with Crippen LogP contribution in [0.25, 0.3) is 0 Å². The van der Waals surface area contributed by atoms with Gasteiger partial charge in [-0.15, -0.1) is 0 Å². The molecule has 0 bridgehead atoms. The minimum Gasteiger partial charge on any atom is -0.353 e. The summed E-state index contributed by atoms with van der Waals surface area (Å²) >= 11 is 0. The van der Waals surface area contributed by atoms with E-state index in [1.807, 2.05) is 31.2 Å². The van der Waals surface area contributed by atoms with Crippen LogP contribution in [0.5, 0.6) is 0 Å². The number of hydrogen-bond acceptors (Lipinski definition) is 2. The zero-order valence-electron chi connectivity index (χ0n) is 15.9. The van der Waals surface area contributed by atoms with Gasteiger partial charge in [0.05, 0.1) is 0 Å². The van der Waals surface area contributed by atoms with E-state index in [4.69, 9.17) is 0 Å². The van der Waals surface area contributed by atoms with Gasteiger partial charge in [0.2, 0.25) is 11.8 Å². The van der Waals surface area contributed by atoms with Gasteiger partial charge in [0, 0.05) is 23.6 Å². The van der Waals surface area contributed by atoms with Gasteiger partial charge in [-0.25, -0.2) is 0 Å². The molecule has 4 nitrogen and oxygen atoms in total. The fraction of sp³-hybridized carbons (Fsp3) is 0.636. The molecule has 0 aliphatic heterocycles. The summed E-state index contributed by atoms with van der Waals surface area (Å²) in [5.41, 5.74) is 1.98. The van der Waals surface area contributed by atoms with Gasteiger partial charge >= 0.3 is 0 Å². The van der Waals surface area contributed by atoms with E-state index >= 15 is 0 Å². The largest absolute Gasteiger partial charge is 0.353 e. The third-order valence-corrected chi connectivity index (χ3v) is 6.07. The molecule has 1 aromatic rings. The van der Waals surface area contributed by atoms with Gasteiger partial charge in [0.25, 0.3) is 0 Å². The van der Waals surface area contributed by atoms with Crippen molar-refractivity contribution >= 4 is 17.5 Å². The van der Waals surface area contributed by atoms with E-state index in [0.29, 0.717) is 6.04 Å². The number of para-hydroxylation sites is 1. The summed E-state index contributed by atoms with van der Waals surface area (Å²) in [4.78, 5) is 25.1. The Morgan fingerprint density at radius 3 is 2.00 bits per heavy atom. The monoisotopic (exact) mass is 356 g/mol. The number of anilines is 1. The maximum Gasteiger partial charge on any atom is 0.227 e. The van der Waals surface area contributed by atoms with Crippen LogP contribution in [0.2, 0.25) is 0 Å². The molecule has 0 heterocycles. The number of hydrogen-bond donors (Lipinski definition) is 2. The number of rotatable bonds is 4. The second-order valence-electron chi connectivity index (χ2n) is 8.05. The van der Waals surface area contributed by atoms with Crippen LogP contribution in [0.4, 0.5) is 5.69 Å². The SMILES string of the molecule is Cc1ccccc1NC(=O)C1CCC(C(=O)NC2CCCCCC2)CC1. The number of benzene rings is 1. The highest BCUT2D eigenvalue weighted by molar-refractivity contribution is 5.93. The predicted octanol–water partition coefficient (Wildman–Crippen LogP) is 4.58. The van der Waals surface area contributed by atoms with Crippen molar-refractivity contribution < 1.29 is 9.59 Å². The van der Waals surface area contributed by atoms with Crippen molar-refractivity contribution in [1.82, 2.24) is 5.32 Å². The summed E-state index contributed by atoms with van der Waals surface area (Å²) < 4.78 is 0. The quantitative estimate of drug-likeness (QED) is 0.776. The van der Waals surface area contributed by atoms with Crippen molar-refractivity contribution in [2.75, 3.05) is 5.32 Å². The lowest BCUT2D eigenvalue weighted by Crippen LogP contribution is -2.40. The van der Waals surface area contributed by atoms with Crippen LogP contribution < -0.4 is 10.6 Å². The van der Waals surface area contributed by atoms with E-state index in [0.717, 1.165) is 49.8 Å². The number of aryl methyl sites for hydroxylation is 1. The fourth-order valence-corrected chi connectivity index (χ4v) is 4.31. The molecule has 1 aromatic carbocycles. The molecule has 4 heteroatoms. The van der Waals surface area contributed by atoms with Crippen molar-refractivity contribution in [3.63, 3.8) is 0 Å². The van der Waals surface area contributed by atoms with Crippen LogP contribution in [0.15, 0.2) is 24.3 Å². The highest BCUT2D eigenvalue weighted by atomic mass is 16.2. The molecule has 3 rings (SSSR count). The Kier molecular flexibility index (Phi) is 6.70. The minimum absolute atomic E-state index is 0.0246. The van der Waals surface area contributed by atoms with Crippen LogP contribution in [-0.2, 0) is 9.59 Å². The summed E-state index contributed by atoms with van der Waals surface area (Å²) in [5, 5.41) is 6.34. The zero-order chi connectivity index (χ0) is 18.4. The van der Waals surface area contributed by atoms with Crippen molar-refractivity contribution in [2.24, 2.45) is 11.8 Å². The first kappa shape index (κ1) is 18.9. The number of carbonyl (C=O) groups excluding carboxylic acids is 2. The molecule has 0 radical (unpaired) electrons. The molecule has 2 N–H and O–H groups in total. The molecule has 0 aromatic heterocycles. The van der Waals surface area contributed by atoms with Gasteiger partial charge in [-0.2, -0.15) is 0 Å². The molecule has 2 fully saturated rings. The maximum atomic E-state index is 12.6. The second-order valence-corrected chi connectivity index (χ2v) is 8.05. The van der Waals surface area contributed by atoms with Gasteiger partial charge in [-0.05, 0) is 57.1 Å². The first-order valence-electron chi connectivity index (χ1n) is 10.3. The molecule has 142 valence electrons. The van der Waals surface area contributed by atoms with Gasteiger partial charge in [0.15, 0.2) is 0 Å². The molecule has 0 atom stereocenters. The Bertz CT molecular complexity index is 612. The lowest BCUT2D eigenvalue weighted by atomic mass is 9.81. The van der Waals surface area contributed by atoms with Crippen molar-refractivity contribution in [3.05, 3.63) is 29.8 Å². The maximum absolute atomic E-state index is 12.6. The van der Waals surface area contributed by atoms with E-state index in [2.05, 4.69) is 10.6 Å². The van der Waals surface area contributed by atoms with Crippen molar-refractivity contribution in [2.45, 2.75) is 77.2 Å². The van der Waals surface area contributed by atoms with E-state index < -0.39 is 0 Å². The predicted molar refractivity (Wildman–Crippen MR) is 105 cm³/mol. The van der Waals surface area contributed by atoms with E-state index in [1.54, 1.807) is 0 Å². The lowest BCUT2D eigenvalue weighted by molar-refractivity contribution is -0.129. The second kappa shape index (κ2) is 9.20. The van der Waals surface area contributed by atoms with Crippen LogP contribution in [0, 0.1) is 18.8 Å². The minimum atomic E-state index is 0.0246. The Morgan fingerprint density at radius 2 is 1.38 bits per heavy atom. The number of carbonyl (C=O) groups is 2. The average molecular weight is 357 g/mol. The van der Waals surface area contributed by atoms with Crippen molar-refractivity contribution in [3.8, 4) is 0 Å². The van der Waals surface area contributed by atoms with Crippen LogP contribution >= 0.6 is 0 Å². The molecular weight excluding hydrogens is 324 g/mol. The zero-order valence-corrected chi connectivity index (χ0v) is 15.9. The summed E-state index contributed by atoms with van der Waals surface area (Å²) in [6.07, 6.45) is 10.6. The molecule has 2 amide bonds. The fourth-order valence-electron chi connectivity index (χ4n) is 4.31. The molecule has 0 spiro atoms. The van der Waals surface area contributed by atoms with E-state index in [-0.39, 0.29) is 23.7 Å². The Hall–Kier alpha value is -1.84. The van der Waals surface area contributed by atoms with Crippen molar-refractivity contribution in [1.29, 1.82) is 0 Å². The average Bonchev–Trinajstić information content (AvgIpc) is 2.92. The standard InChI is InChI=1S/C22H32N2O2/c1-16-8-6-7-11-20(16)24-22(26)18-14-12-17(13-15-18)21(25)23-19-9-4-2-3-5-10-19/h6-8,11,17-19H,2-5,9-10,12-15H2,1H3,(H,23,25)(H,24,26). The third kappa shape index (κ3) is 5.09. The first-order chi connectivity index (χ1) is 12.6. The molecule has 26 heavy (non-hydrogen) atoms. The number of amides is 2. The summed E-state index contributed by atoms with van der Waals surface area (Å²) in [5.74, 6) is 0.425. The highest BCUT2D eigenvalue weighted by Gasteiger charge is 2.31. The van der Waals surface area contributed by atoms with Crippen LogP contribution in [-0.4, -0.2) is 17.9 Å². The molecule has 2 saturated carbocycles. The third-order valence-electron chi connectivity index (χ3n) is 6.07. The van der Waals surface area contributed by atoms with Gasteiger partial charge in [0.1, 0.15) is 0 Å².